The number of aliphatic hydroxyl groups is 1. The van der Waals surface area contributed by atoms with Crippen LogP contribution in [0.2, 0.25) is 0 Å². The number of benzene rings is 1. The molecule has 0 aliphatic rings. The SMILES string of the molecule is Cc1nc2cc(CNC(=O)C(N)CO)ccc2n1C. The molecule has 6 nitrogen and oxygen atoms in total. The topological polar surface area (TPSA) is 93.2 Å². The lowest BCUT2D eigenvalue weighted by Gasteiger charge is -2.09. The molecule has 0 spiro atoms. The second-order valence-corrected chi connectivity index (χ2v) is 4.55. The highest BCUT2D eigenvalue weighted by Crippen LogP contribution is 2.16. The fourth-order valence-electron chi connectivity index (χ4n) is 1.88. The highest BCUT2D eigenvalue weighted by molar-refractivity contribution is 5.82. The Morgan fingerprint density at radius 2 is 2.32 bits per heavy atom. The van der Waals surface area contributed by atoms with Gasteiger partial charge in [0.1, 0.15) is 11.9 Å². The van der Waals surface area contributed by atoms with E-state index in [1.54, 1.807) is 0 Å². The Kier molecular flexibility index (Phi) is 3.82. The van der Waals surface area contributed by atoms with Crippen molar-refractivity contribution in [1.82, 2.24) is 14.9 Å². The van der Waals surface area contributed by atoms with Gasteiger partial charge in [-0.05, 0) is 24.6 Å². The number of fused-ring (bicyclic) bond motifs is 1. The third-order valence-electron chi connectivity index (χ3n) is 3.17. The van der Waals surface area contributed by atoms with Crippen molar-refractivity contribution >= 4 is 16.9 Å². The van der Waals surface area contributed by atoms with Crippen molar-refractivity contribution in [2.75, 3.05) is 6.61 Å². The zero-order chi connectivity index (χ0) is 14.0. The van der Waals surface area contributed by atoms with Crippen LogP contribution in [-0.4, -0.2) is 33.2 Å². The van der Waals surface area contributed by atoms with Gasteiger partial charge in [0.15, 0.2) is 0 Å². The molecule has 4 N–H and O–H groups in total. The lowest BCUT2D eigenvalue weighted by Crippen LogP contribution is -2.42. The minimum Gasteiger partial charge on any atom is -0.394 e. The molecule has 0 aliphatic heterocycles. The average Bonchev–Trinajstić information content (AvgIpc) is 2.70. The molecule has 0 saturated carbocycles. The summed E-state index contributed by atoms with van der Waals surface area (Å²) in [5.74, 6) is 0.582. The summed E-state index contributed by atoms with van der Waals surface area (Å²) in [6.07, 6.45) is 0. The number of carbonyl (C=O) groups excluding carboxylic acids is 1. The number of rotatable bonds is 4. The fourth-order valence-corrected chi connectivity index (χ4v) is 1.88. The third kappa shape index (κ3) is 2.74. The average molecular weight is 262 g/mol. The lowest BCUT2D eigenvalue weighted by atomic mass is 10.2. The first-order chi connectivity index (χ1) is 9.02. The summed E-state index contributed by atoms with van der Waals surface area (Å²) in [6.45, 7) is 1.96. The first-order valence-corrected chi connectivity index (χ1v) is 6.09. The summed E-state index contributed by atoms with van der Waals surface area (Å²) >= 11 is 0. The number of hydrogen-bond acceptors (Lipinski definition) is 4. The molecule has 1 unspecified atom stereocenters. The lowest BCUT2D eigenvalue weighted by molar-refractivity contribution is -0.123. The molecule has 6 heteroatoms. The zero-order valence-corrected chi connectivity index (χ0v) is 11.1. The van der Waals surface area contributed by atoms with Gasteiger partial charge in [-0.3, -0.25) is 4.79 Å². The maximum absolute atomic E-state index is 11.5. The van der Waals surface area contributed by atoms with Gasteiger partial charge in [-0.25, -0.2) is 4.98 Å². The van der Waals surface area contributed by atoms with Crippen molar-refractivity contribution in [2.24, 2.45) is 12.8 Å². The van der Waals surface area contributed by atoms with E-state index < -0.39 is 6.04 Å². The van der Waals surface area contributed by atoms with E-state index >= 15 is 0 Å². The molecule has 2 rings (SSSR count). The Hall–Kier alpha value is -1.92. The molecule has 0 aliphatic carbocycles. The van der Waals surface area contributed by atoms with Crippen molar-refractivity contribution < 1.29 is 9.90 Å². The van der Waals surface area contributed by atoms with E-state index in [2.05, 4.69) is 10.3 Å². The van der Waals surface area contributed by atoms with Crippen LogP contribution < -0.4 is 11.1 Å². The molecule has 0 saturated heterocycles. The fraction of sp³-hybridized carbons (Fsp3) is 0.385. The van der Waals surface area contributed by atoms with Crippen LogP contribution in [0.15, 0.2) is 18.2 Å². The van der Waals surface area contributed by atoms with Gasteiger partial charge in [0.05, 0.1) is 17.6 Å². The monoisotopic (exact) mass is 262 g/mol. The van der Waals surface area contributed by atoms with Gasteiger partial charge >= 0.3 is 0 Å². The van der Waals surface area contributed by atoms with Gasteiger partial charge in [0, 0.05) is 13.6 Å². The predicted molar refractivity (Wildman–Crippen MR) is 72.4 cm³/mol. The number of carbonyl (C=O) groups is 1. The Bertz CT molecular complexity index is 606. The normalized spacial score (nSPS) is 12.6. The largest absolute Gasteiger partial charge is 0.394 e. The molecule has 19 heavy (non-hydrogen) atoms. The van der Waals surface area contributed by atoms with E-state index in [9.17, 15) is 4.79 Å². The number of nitrogens with two attached hydrogens (primary N) is 1. The number of hydrogen-bond donors (Lipinski definition) is 3. The van der Waals surface area contributed by atoms with Crippen LogP contribution in [0.5, 0.6) is 0 Å². The van der Waals surface area contributed by atoms with Crippen molar-refractivity contribution in [1.29, 1.82) is 0 Å². The summed E-state index contributed by atoms with van der Waals surface area (Å²) < 4.78 is 2.01. The second-order valence-electron chi connectivity index (χ2n) is 4.55. The van der Waals surface area contributed by atoms with Crippen LogP contribution in [0.4, 0.5) is 0 Å². The molecule has 1 aromatic heterocycles. The molecule has 1 amide bonds. The van der Waals surface area contributed by atoms with Gasteiger partial charge in [-0.15, -0.1) is 0 Å². The van der Waals surface area contributed by atoms with Crippen LogP contribution in [-0.2, 0) is 18.4 Å². The molecule has 1 atom stereocenters. The quantitative estimate of drug-likeness (QED) is 0.712. The van der Waals surface area contributed by atoms with Gasteiger partial charge in [0.2, 0.25) is 5.91 Å². The molecular weight excluding hydrogens is 244 g/mol. The number of imidazole rings is 1. The molecule has 0 bridgehead atoms. The Morgan fingerprint density at radius 1 is 1.58 bits per heavy atom. The number of aromatic nitrogens is 2. The summed E-state index contributed by atoms with van der Waals surface area (Å²) in [4.78, 5) is 15.9. The maximum Gasteiger partial charge on any atom is 0.239 e. The van der Waals surface area contributed by atoms with E-state index in [-0.39, 0.29) is 12.5 Å². The van der Waals surface area contributed by atoms with E-state index in [0.29, 0.717) is 6.54 Å². The van der Waals surface area contributed by atoms with E-state index in [1.807, 2.05) is 36.7 Å². The Balaban J connectivity index is 2.12. The van der Waals surface area contributed by atoms with E-state index in [4.69, 9.17) is 10.8 Å². The Labute approximate surface area is 111 Å². The van der Waals surface area contributed by atoms with E-state index in [0.717, 1.165) is 22.4 Å². The van der Waals surface area contributed by atoms with Gasteiger partial charge in [0.25, 0.3) is 0 Å². The number of aryl methyl sites for hydroxylation is 2. The molecule has 102 valence electrons. The molecule has 0 fully saturated rings. The molecule has 1 heterocycles. The number of nitrogens with one attached hydrogen (secondary N) is 1. The van der Waals surface area contributed by atoms with Crippen molar-refractivity contribution in [3.63, 3.8) is 0 Å². The second kappa shape index (κ2) is 5.38. The highest BCUT2D eigenvalue weighted by Gasteiger charge is 2.11. The minimum atomic E-state index is -0.874. The van der Waals surface area contributed by atoms with E-state index in [1.165, 1.54) is 0 Å². The summed E-state index contributed by atoms with van der Waals surface area (Å²) in [7, 11) is 1.96. The minimum absolute atomic E-state index is 0.357. The van der Waals surface area contributed by atoms with Crippen LogP contribution in [0.3, 0.4) is 0 Å². The molecular formula is C13H18N4O2. The van der Waals surface area contributed by atoms with Gasteiger partial charge < -0.3 is 20.7 Å². The molecule has 0 radical (unpaired) electrons. The number of nitrogens with zero attached hydrogens (tertiary/aromatic N) is 2. The number of aliphatic hydroxyl groups excluding tert-OH is 1. The standard InChI is InChI=1S/C13H18N4O2/c1-8-16-11-5-9(3-4-12(11)17(8)2)6-15-13(19)10(14)7-18/h3-5,10,18H,6-7,14H2,1-2H3,(H,15,19). The molecule has 2 aromatic rings. The van der Waals surface area contributed by atoms with Crippen LogP contribution >= 0.6 is 0 Å². The van der Waals surface area contributed by atoms with Crippen LogP contribution in [0.1, 0.15) is 11.4 Å². The smallest absolute Gasteiger partial charge is 0.239 e. The first-order valence-electron chi connectivity index (χ1n) is 6.09. The maximum atomic E-state index is 11.5. The van der Waals surface area contributed by atoms with Gasteiger partial charge in [-0.2, -0.15) is 0 Å². The van der Waals surface area contributed by atoms with Crippen molar-refractivity contribution in [3.05, 3.63) is 29.6 Å². The van der Waals surface area contributed by atoms with Crippen molar-refractivity contribution in [2.45, 2.75) is 19.5 Å². The zero-order valence-electron chi connectivity index (χ0n) is 11.1. The van der Waals surface area contributed by atoms with Gasteiger partial charge in [-0.1, -0.05) is 6.07 Å². The highest BCUT2D eigenvalue weighted by atomic mass is 16.3. The molecule has 1 aromatic carbocycles. The number of amides is 1. The van der Waals surface area contributed by atoms with Crippen LogP contribution in [0.25, 0.3) is 11.0 Å². The van der Waals surface area contributed by atoms with Crippen LogP contribution in [0, 0.1) is 6.92 Å². The summed E-state index contributed by atoms with van der Waals surface area (Å²) in [6, 6.07) is 4.98. The summed E-state index contributed by atoms with van der Waals surface area (Å²) in [5.41, 5.74) is 8.32. The summed E-state index contributed by atoms with van der Waals surface area (Å²) in [5, 5.41) is 11.5. The third-order valence-corrected chi connectivity index (χ3v) is 3.17. The predicted octanol–water partition coefficient (Wildman–Crippen LogP) is -0.182. The Morgan fingerprint density at radius 3 is 3.00 bits per heavy atom. The first kappa shape index (κ1) is 13.5. The van der Waals surface area contributed by atoms with Crippen molar-refractivity contribution in [3.8, 4) is 0 Å².